The molecule has 0 saturated heterocycles. The summed E-state index contributed by atoms with van der Waals surface area (Å²) in [6, 6.07) is 14.1. The van der Waals surface area contributed by atoms with E-state index in [0.29, 0.717) is 46.1 Å². The van der Waals surface area contributed by atoms with Gasteiger partial charge in [-0.2, -0.15) is 0 Å². The highest BCUT2D eigenvalue weighted by Gasteiger charge is 2.27. The fourth-order valence-electron chi connectivity index (χ4n) is 5.00. The molecule has 1 aromatic heterocycles. The smallest absolute Gasteiger partial charge is 0.322 e. The number of rotatable bonds is 5. The Morgan fingerprint density at radius 3 is 2.58 bits per heavy atom. The molecule has 1 aliphatic heterocycles. The van der Waals surface area contributed by atoms with Crippen molar-refractivity contribution in [2.75, 3.05) is 23.7 Å². The van der Waals surface area contributed by atoms with Crippen molar-refractivity contribution in [2.24, 2.45) is 5.92 Å². The van der Waals surface area contributed by atoms with Gasteiger partial charge in [-0.15, -0.1) is 0 Å². The topological polar surface area (TPSA) is 79.3 Å². The predicted octanol–water partition coefficient (Wildman–Crippen LogP) is 6.12. The van der Waals surface area contributed by atoms with E-state index in [1.54, 1.807) is 27.7 Å². The minimum Gasteiger partial charge on any atom is -0.355 e. The third-order valence-corrected chi connectivity index (χ3v) is 7.53. The third kappa shape index (κ3) is 5.37. The van der Waals surface area contributed by atoms with Crippen LogP contribution < -0.4 is 16.2 Å². The Morgan fingerprint density at radius 1 is 1.06 bits per heavy atom. The number of anilines is 2. The molecule has 2 aliphatic rings. The predicted molar refractivity (Wildman–Crippen MR) is 144 cm³/mol. The molecular weight excluding hydrogens is 497 g/mol. The van der Waals surface area contributed by atoms with Gasteiger partial charge in [-0.05, 0) is 49.1 Å². The van der Waals surface area contributed by atoms with E-state index in [0.717, 1.165) is 17.9 Å². The number of amides is 2. The first-order valence-corrected chi connectivity index (χ1v) is 13.2. The molecule has 0 radical (unpaired) electrons. The minimum absolute atomic E-state index is 0.153. The number of fused-ring (bicyclic) bond motifs is 1. The molecule has 2 N–H and O–H groups in total. The molecule has 0 spiro atoms. The van der Waals surface area contributed by atoms with Crippen molar-refractivity contribution < 1.29 is 4.79 Å². The van der Waals surface area contributed by atoms with Gasteiger partial charge in [0.2, 0.25) is 5.95 Å². The van der Waals surface area contributed by atoms with Crippen LogP contribution in [0.25, 0.3) is 5.69 Å². The molecule has 5 rings (SSSR count). The molecule has 3 aromatic rings. The lowest BCUT2D eigenvalue weighted by Crippen LogP contribution is -2.43. The number of carbonyl (C=O) groups excluding carboxylic acids is 1. The van der Waals surface area contributed by atoms with Crippen LogP contribution in [0.1, 0.15) is 43.4 Å². The zero-order valence-corrected chi connectivity index (χ0v) is 21.5. The van der Waals surface area contributed by atoms with Crippen LogP contribution in [0.3, 0.4) is 0 Å². The van der Waals surface area contributed by atoms with Gasteiger partial charge in [0.25, 0.3) is 5.56 Å². The maximum Gasteiger partial charge on any atom is 0.322 e. The first-order valence-electron chi connectivity index (χ1n) is 12.4. The second-order valence-corrected chi connectivity index (χ2v) is 10.3. The van der Waals surface area contributed by atoms with Crippen molar-refractivity contribution in [3.05, 3.63) is 80.2 Å². The summed E-state index contributed by atoms with van der Waals surface area (Å²) in [5.74, 6) is 1.16. The van der Waals surface area contributed by atoms with E-state index in [1.165, 1.54) is 32.1 Å². The summed E-state index contributed by atoms with van der Waals surface area (Å²) in [5.41, 5.74) is 2.34. The molecule has 36 heavy (non-hydrogen) atoms. The maximum atomic E-state index is 13.8. The molecule has 188 valence electrons. The van der Waals surface area contributed by atoms with Crippen LogP contribution in [-0.2, 0) is 13.0 Å². The average molecular weight is 526 g/mol. The first-order chi connectivity index (χ1) is 17.5. The molecule has 2 heterocycles. The van der Waals surface area contributed by atoms with Crippen molar-refractivity contribution in [1.29, 1.82) is 0 Å². The summed E-state index contributed by atoms with van der Waals surface area (Å²) in [6.45, 7) is 1.43. The highest BCUT2D eigenvalue weighted by Crippen LogP contribution is 2.27. The number of urea groups is 1. The van der Waals surface area contributed by atoms with Gasteiger partial charge in [-0.3, -0.25) is 4.79 Å². The summed E-state index contributed by atoms with van der Waals surface area (Å²) < 4.78 is 1.64. The Kier molecular flexibility index (Phi) is 7.48. The van der Waals surface area contributed by atoms with Gasteiger partial charge >= 0.3 is 6.03 Å². The zero-order valence-electron chi connectivity index (χ0n) is 20.0. The molecule has 7 nitrogen and oxygen atoms in total. The number of nitrogens with one attached hydrogen (secondary N) is 2. The lowest BCUT2D eigenvalue weighted by Gasteiger charge is -2.29. The van der Waals surface area contributed by atoms with Crippen molar-refractivity contribution in [2.45, 2.75) is 45.1 Å². The van der Waals surface area contributed by atoms with E-state index in [-0.39, 0.29) is 18.1 Å². The number of halogens is 2. The molecule has 0 unspecified atom stereocenters. The van der Waals surface area contributed by atoms with Gasteiger partial charge in [-0.1, -0.05) is 60.7 Å². The van der Waals surface area contributed by atoms with Crippen LogP contribution in [0, 0.1) is 5.92 Å². The van der Waals surface area contributed by atoms with Crippen LogP contribution in [0.2, 0.25) is 10.0 Å². The third-order valence-electron chi connectivity index (χ3n) is 6.98. The fourth-order valence-corrected chi connectivity index (χ4v) is 5.45. The Hall–Kier alpha value is -3.03. The van der Waals surface area contributed by atoms with Crippen molar-refractivity contribution in [1.82, 2.24) is 14.5 Å². The van der Waals surface area contributed by atoms with E-state index in [4.69, 9.17) is 28.2 Å². The van der Waals surface area contributed by atoms with Crippen LogP contribution in [0.15, 0.2) is 53.3 Å². The summed E-state index contributed by atoms with van der Waals surface area (Å²) in [4.78, 5) is 33.3. The van der Waals surface area contributed by atoms with Gasteiger partial charge in [0, 0.05) is 24.5 Å². The summed E-state index contributed by atoms with van der Waals surface area (Å²) in [5, 5.41) is 7.16. The lowest BCUT2D eigenvalue weighted by molar-refractivity contribution is 0.205. The Bertz CT molecular complexity index is 1310. The largest absolute Gasteiger partial charge is 0.355 e. The number of nitrogens with zero attached hydrogens (tertiary/aromatic N) is 3. The molecule has 0 atom stereocenters. The van der Waals surface area contributed by atoms with Gasteiger partial charge in [0.1, 0.15) is 0 Å². The quantitative estimate of drug-likeness (QED) is 0.420. The van der Waals surface area contributed by atoms with E-state index in [2.05, 4.69) is 10.6 Å². The van der Waals surface area contributed by atoms with Gasteiger partial charge in [0.15, 0.2) is 0 Å². The molecule has 1 aliphatic carbocycles. The number of aromatic nitrogens is 2. The highest BCUT2D eigenvalue weighted by atomic mass is 35.5. The molecule has 1 fully saturated rings. The number of hydrogen-bond acceptors (Lipinski definition) is 4. The maximum absolute atomic E-state index is 13.8. The molecule has 0 bridgehead atoms. The van der Waals surface area contributed by atoms with Crippen LogP contribution in [0.5, 0.6) is 0 Å². The molecule has 9 heteroatoms. The standard InChI is InChI=1S/C27H29Cl2N5O2/c28-19-11-12-24(22(29)15-19)32-27(36)33-14-13-23-21(17-33)25(35)34(20-9-5-2-6-10-20)26(31-23)30-16-18-7-3-1-4-8-18/h2,5-6,9-12,15,18H,1,3-4,7-8,13-14,16-17H2,(H,30,31)(H,32,36). The van der Waals surface area contributed by atoms with Crippen LogP contribution >= 0.6 is 23.2 Å². The van der Waals surface area contributed by atoms with Crippen LogP contribution in [-0.4, -0.2) is 33.6 Å². The Morgan fingerprint density at radius 2 is 1.83 bits per heavy atom. The molecule has 2 aromatic carbocycles. The van der Waals surface area contributed by atoms with E-state index in [1.807, 2.05) is 30.3 Å². The summed E-state index contributed by atoms with van der Waals surface area (Å²) >= 11 is 12.2. The van der Waals surface area contributed by atoms with Crippen LogP contribution in [0.4, 0.5) is 16.4 Å². The second-order valence-electron chi connectivity index (χ2n) is 9.45. The summed E-state index contributed by atoms with van der Waals surface area (Å²) in [7, 11) is 0. The van der Waals surface area contributed by atoms with Gasteiger partial charge < -0.3 is 15.5 Å². The second kappa shape index (κ2) is 10.9. The van der Waals surface area contributed by atoms with E-state index >= 15 is 0 Å². The average Bonchev–Trinajstić information content (AvgIpc) is 2.90. The normalized spacial score (nSPS) is 15.9. The number of carbonyl (C=O) groups is 1. The van der Waals surface area contributed by atoms with E-state index < -0.39 is 0 Å². The Balaban J connectivity index is 1.41. The number of benzene rings is 2. The number of hydrogen-bond donors (Lipinski definition) is 2. The first kappa shape index (κ1) is 24.7. The summed E-state index contributed by atoms with van der Waals surface area (Å²) in [6.07, 6.45) is 6.73. The lowest BCUT2D eigenvalue weighted by atomic mass is 9.89. The van der Waals surface area contributed by atoms with E-state index in [9.17, 15) is 9.59 Å². The van der Waals surface area contributed by atoms with Gasteiger partial charge in [-0.25, -0.2) is 14.3 Å². The zero-order chi connectivity index (χ0) is 25.1. The molecule has 1 saturated carbocycles. The van der Waals surface area contributed by atoms with Gasteiger partial charge in [0.05, 0.1) is 34.2 Å². The SMILES string of the molecule is O=C(Nc1ccc(Cl)cc1Cl)N1CCc2nc(NCC3CCCCC3)n(-c3ccccc3)c(=O)c2C1. The van der Waals surface area contributed by atoms with Crippen molar-refractivity contribution >= 4 is 40.9 Å². The fraction of sp³-hybridized carbons (Fsp3) is 0.370. The number of para-hydroxylation sites is 1. The highest BCUT2D eigenvalue weighted by molar-refractivity contribution is 6.36. The molecule has 2 amide bonds. The Labute approximate surface area is 220 Å². The monoisotopic (exact) mass is 525 g/mol. The minimum atomic E-state index is -0.324. The molecular formula is C27H29Cl2N5O2. The van der Waals surface area contributed by atoms with Crippen molar-refractivity contribution in [3.8, 4) is 5.69 Å². The van der Waals surface area contributed by atoms with Crippen molar-refractivity contribution in [3.63, 3.8) is 0 Å².